The molecule has 1 saturated heterocycles. The number of hydrogen-bond acceptors (Lipinski definition) is 3. The van der Waals surface area contributed by atoms with Gasteiger partial charge in [-0.1, -0.05) is 6.07 Å². The third-order valence-corrected chi connectivity index (χ3v) is 3.92. The zero-order chi connectivity index (χ0) is 16.9. The SMILES string of the molecule is O=C(Nc1ccc(N2CCCC2)cc1)c1cccc(OC(F)F)c1. The Kier molecular flexibility index (Phi) is 4.93. The maximum absolute atomic E-state index is 12.2. The van der Waals surface area contributed by atoms with Gasteiger partial charge in [0, 0.05) is 30.0 Å². The summed E-state index contributed by atoms with van der Waals surface area (Å²) in [6.07, 6.45) is 2.41. The van der Waals surface area contributed by atoms with Crippen molar-refractivity contribution < 1.29 is 18.3 Å². The molecule has 0 saturated carbocycles. The second kappa shape index (κ2) is 7.29. The number of benzene rings is 2. The third-order valence-electron chi connectivity index (χ3n) is 3.92. The summed E-state index contributed by atoms with van der Waals surface area (Å²) in [6.45, 7) is -0.799. The number of carbonyl (C=O) groups is 1. The molecule has 2 aromatic carbocycles. The number of carbonyl (C=O) groups excluding carboxylic acids is 1. The Morgan fingerprint density at radius 1 is 1.08 bits per heavy atom. The van der Waals surface area contributed by atoms with Gasteiger partial charge in [-0.05, 0) is 55.3 Å². The Labute approximate surface area is 139 Å². The molecule has 0 aromatic heterocycles. The molecule has 0 spiro atoms. The van der Waals surface area contributed by atoms with E-state index in [1.54, 1.807) is 6.07 Å². The summed E-state index contributed by atoms with van der Waals surface area (Å²) in [5, 5.41) is 2.76. The summed E-state index contributed by atoms with van der Waals surface area (Å²) in [5.41, 5.74) is 2.05. The largest absolute Gasteiger partial charge is 0.435 e. The molecule has 3 rings (SSSR count). The van der Waals surface area contributed by atoms with Gasteiger partial charge in [-0.25, -0.2) is 0 Å². The first-order valence-electron chi connectivity index (χ1n) is 7.83. The Balaban J connectivity index is 1.66. The highest BCUT2D eigenvalue weighted by Crippen LogP contribution is 2.23. The van der Waals surface area contributed by atoms with Crippen molar-refractivity contribution in [3.8, 4) is 5.75 Å². The summed E-state index contributed by atoms with van der Waals surface area (Å²) in [4.78, 5) is 14.5. The van der Waals surface area contributed by atoms with Gasteiger partial charge in [0.2, 0.25) is 0 Å². The monoisotopic (exact) mass is 332 g/mol. The predicted molar refractivity (Wildman–Crippen MR) is 88.9 cm³/mol. The van der Waals surface area contributed by atoms with E-state index < -0.39 is 6.61 Å². The van der Waals surface area contributed by atoms with Crippen LogP contribution in [0.25, 0.3) is 0 Å². The molecule has 6 heteroatoms. The summed E-state index contributed by atoms with van der Waals surface area (Å²) in [6, 6.07) is 13.3. The van der Waals surface area contributed by atoms with E-state index in [1.807, 2.05) is 24.3 Å². The van der Waals surface area contributed by atoms with Crippen LogP contribution >= 0.6 is 0 Å². The maximum Gasteiger partial charge on any atom is 0.387 e. The lowest BCUT2D eigenvalue weighted by Gasteiger charge is -2.17. The van der Waals surface area contributed by atoms with Gasteiger partial charge < -0.3 is 15.0 Å². The minimum Gasteiger partial charge on any atom is -0.435 e. The molecule has 2 aromatic rings. The van der Waals surface area contributed by atoms with Gasteiger partial charge in [-0.2, -0.15) is 8.78 Å². The molecule has 126 valence electrons. The van der Waals surface area contributed by atoms with Crippen molar-refractivity contribution in [3.63, 3.8) is 0 Å². The minimum atomic E-state index is -2.92. The third kappa shape index (κ3) is 4.01. The molecule has 1 amide bonds. The summed E-state index contributed by atoms with van der Waals surface area (Å²) >= 11 is 0. The molecular formula is C18H18F2N2O2. The molecular weight excluding hydrogens is 314 g/mol. The number of alkyl halides is 2. The van der Waals surface area contributed by atoms with Crippen LogP contribution in [0.2, 0.25) is 0 Å². The van der Waals surface area contributed by atoms with E-state index in [-0.39, 0.29) is 17.2 Å². The number of hydrogen-bond donors (Lipinski definition) is 1. The van der Waals surface area contributed by atoms with Gasteiger partial charge in [-0.3, -0.25) is 4.79 Å². The lowest BCUT2D eigenvalue weighted by molar-refractivity contribution is -0.0498. The zero-order valence-electron chi connectivity index (χ0n) is 13.0. The Morgan fingerprint density at radius 2 is 1.79 bits per heavy atom. The summed E-state index contributed by atoms with van der Waals surface area (Å²) in [5.74, 6) is -0.411. The number of amides is 1. The van der Waals surface area contributed by atoms with Crippen LogP contribution in [0.15, 0.2) is 48.5 Å². The van der Waals surface area contributed by atoms with E-state index in [0.717, 1.165) is 18.8 Å². The smallest absolute Gasteiger partial charge is 0.387 e. The second-order valence-electron chi connectivity index (χ2n) is 5.60. The highest BCUT2D eigenvalue weighted by atomic mass is 19.3. The fraction of sp³-hybridized carbons (Fsp3) is 0.278. The quantitative estimate of drug-likeness (QED) is 0.895. The lowest BCUT2D eigenvalue weighted by Crippen LogP contribution is -2.17. The highest BCUT2D eigenvalue weighted by Gasteiger charge is 2.13. The number of rotatable bonds is 5. The number of ether oxygens (including phenoxy) is 1. The molecule has 1 heterocycles. The molecule has 0 atom stereocenters. The van der Waals surface area contributed by atoms with Crippen molar-refractivity contribution in [1.29, 1.82) is 0 Å². The zero-order valence-corrected chi connectivity index (χ0v) is 13.0. The summed E-state index contributed by atoms with van der Waals surface area (Å²) < 4.78 is 28.8. The number of nitrogens with one attached hydrogen (secondary N) is 1. The molecule has 1 aliphatic heterocycles. The molecule has 24 heavy (non-hydrogen) atoms. The van der Waals surface area contributed by atoms with Crippen molar-refractivity contribution in [1.82, 2.24) is 0 Å². The van der Waals surface area contributed by atoms with Crippen LogP contribution in [0.4, 0.5) is 20.2 Å². The average Bonchev–Trinajstić information content (AvgIpc) is 3.09. The second-order valence-corrected chi connectivity index (χ2v) is 5.60. The van der Waals surface area contributed by atoms with Crippen LogP contribution in [0.1, 0.15) is 23.2 Å². The van der Waals surface area contributed by atoms with Crippen LogP contribution < -0.4 is 15.0 Å². The van der Waals surface area contributed by atoms with Gasteiger partial charge in [-0.15, -0.1) is 0 Å². The fourth-order valence-corrected chi connectivity index (χ4v) is 2.75. The molecule has 0 unspecified atom stereocenters. The van der Waals surface area contributed by atoms with Crippen molar-refractivity contribution >= 4 is 17.3 Å². The van der Waals surface area contributed by atoms with Gasteiger partial charge in [0.1, 0.15) is 5.75 Å². The first-order chi connectivity index (χ1) is 11.6. The van der Waals surface area contributed by atoms with Gasteiger partial charge in [0.15, 0.2) is 0 Å². The van der Waals surface area contributed by atoms with Crippen molar-refractivity contribution in [2.24, 2.45) is 0 Å². The van der Waals surface area contributed by atoms with E-state index in [4.69, 9.17) is 0 Å². The maximum atomic E-state index is 12.2. The highest BCUT2D eigenvalue weighted by molar-refractivity contribution is 6.04. The van der Waals surface area contributed by atoms with E-state index in [1.165, 1.54) is 31.0 Å². The van der Waals surface area contributed by atoms with Gasteiger partial charge in [0.25, 0.3) is 5.91 Å². The van der Waals surface area contributed by atoms with Crippen LogP contribution in [0.3, 0.4) is 0 Å². The standard InChI is InChI=1S/C18H18F2N2O2/c19-18(20)24-16-5-3-4-13(12-16)17(23)21-14-6-8-15(9-7-14)22-10-1-2-11-22/h3-9,12,18H,1-2,10-11H2,(H,21,23). The normalized spacial score (nSPS) is 14.0. The van der Waals surface area contributed by atoms with Crippen molar-refractivity contribution in [3.05, 3.63) is 54.1 Å². The Bertz CT molecular complexity index is 698. The van der Waals surface area contributed by atoms with Gasteiger partial charge in [0.05, 0.1) is 0 Å². The minimum absolute atomic E-state index is 0.0398. The molecule has 0 aliphatic carbocycles. The molecule has 1 aliphatic rings. The van der Waals surface area contributed by atoms with Crippen LogP contribution in [0.5, 0.6) is 5.75 Å². The van der Waals surface area contributed by atoms with Crippen LogP contribution in [0, 0.1) is 0 Å². The predicted octanol–water partition coefficient (Wildman–Crippen LogP) is 4.14. The summed E-state index contributed by atoms with van der Waals surface area (Å²) in [7, 11) is 0. The van der Waals surface area contributed by atoms with Crippen molar-refractivity contribution in [2.75, 3.05) is 23.3 Å². The number of anilines is 2. The fourth-order valence-electron chi connectivity index (χ4n) is 2.75. The van der Waals surface area contributed by atoms with E-state index >= 15 is 0 Å². The molecule has 0 bridgehead atoms. The molecule has 1 fully saturated rings. The Morgan fingerprint density at radius 3 is 2.46 bits per heavy atom. The van der Waals surface area contributed by atoms with E-state index in [2.05, 4.69) is 15.0 Å². The Hall–Kier alpha value is -2.63. The van der Waals surface area contributed by atoms with E-state index in [0.29, 0.717) is 5.69 Å². The molecule has 4 nitrogen and oxygen atoms in total. The van der Waals surface area contributed by atoms with Crippen molar-refractivity contribution in [2.45, 2.75) is 19.5 Å². The van der Waals surface area contributed by atoms with Crippen LogP contribution in [-0.2, 0) is 0 Å². The number of nitrogens with zero attached hydrogens (tertiary/aromatic N) is 1. The first-order valence-corrected chi connectivity index (χ1v) is 7.83. The van der Waals surface area contributed by atoms with E-state index in [9.17, 15) is 13.6 Å². The first kappa shape index (κ1) is 16.2. The van der Waals surface area contributed by atoms with Crippen LogP contribution in [-0.4, -0.2) is 25.6 Å². The number of halogens is 2. The molecule has 1 N–H and O–H groups in total. The topological polar surface area (TPSA) is 41.6 Å². The van der Waals surface area contributed by atoms with Gasteiger partial charge >= 0.3 is 6.61 Å². The lowest BCUT2D eigenvalue weighted by atomic mass is 10.2. The molecule has 0 radical (unpaired) electrons. The average molecular weight is 332 g/mol.